The van der Waals surface area contributed by atoms with Crippen LogP contribution in [0.5, 0.6) is 0 Å². The van der Waals surface area contributed by atoms with Crippen LogP contribution in [0.4, 0.5) is 0 Å². The number of hydrazine groups is 1. The molecule has 7 nitrogen and oxygen atoms in total. The van der Waals surface area contributed by atoms with E-state index in [1.807, 2.05) is 26.0 Å². The SMILES string of the molecule is CC(C)c1c(C(=O)NNC(=O)c2ccco2)cnn1-c1cccc(Cl)c1. The van der Waals surface area contributed by atoms with Crippen molar-refractivity contribution in [3.8, 4) is 5.69 Å². The van der Waals surface area contributed by atoms with Crippen molar-refractivity contribution in [2.45, 2.75) is 19.8 Å². The van der Waals surface area contributed by atoms with Crippen molar-refractivity contribution in [3.63, 3.8) is 0 Å². The second-order valence-electron chi connectivity index (χ2n) is 5.88. The number of carbonyl (C=O) groups is 2. The molecule has 8 heteroatoms. The fourth-order valence-electron chi connectivity index (χ4n) is 2.55. The van der Waals surface area contributed by atoms with Crippen LogP contribution in [-0.4, -0.2) is 21.6 Å². The summed E-state index contributed by atoms with van der Waals surface area (Å²) in [5.74, 6) is -0.902. The van der Waals surface area contributed by atoms with Gasteiger partial charge in [-0.15, -0.1) is 0 Å². The minimum Gasteiger partial charge on any atom is -0.459 e. The number of furan rings is 1. The number of amides is 2. The van der Waals surface area contributed by atoms with Crippen molar-refractivity contribution in [2.75, 3.05) is 0 Å². The number of halogens is 1. The molecule has 0 atom stereocenters. The van der Waals surface area contributed by atoms with Gasteiger partial charge in [0.15, 0.2) is 5.76 Å². The van der Waals surface area contributed by atoms with E-state index in [0.717, 1.165) is 5.69 Å². The molecule has 2 heterocycles. The fourth-order valence-corrected chi connectivity index (χ4v) is 2.74. The van der Waals surface area contributed by atoms with Crippen LogP contribution < -0.4 is 10.9 Å². The van der Waals surface area contributed by atoms with Gasteiger partial charge in [-0.1, -0.05) is 31.5 Å². The zero-order valence-electron chi connectivity index (χ0n) is 14.2. The van der Waals surface area contributed by atoms with Crippen LogP contribution in [0.3, 0.4) is 0 Å². The first-order chi connectivity index (χ1) is 12.5. The summed E-state index contributed by atoms with van der Waals surface area (Å²) in [6, 6.07) is 10.3. The Morgan fingerprint density at radius 2 is 1.92 bits per heavy atom. The van der Waals surface area contributed by atoms with Crippen molar-refractivity contribution >= 4 is 23.4 Å². The largest absolute Gasteiger partial charge is 0.459 e. The highest BCUT2D eigenvalue weighted by Crippen LogP contribution is 2.24. The number of aromatic nitrogens is 2. The second-order valence-corrected chi connectivity index (χ2v) is 6.31. The molecule has 3 aromatic rings. The van der Waals surface area contributed by atoms with E-state index >= 15 is 0 Å². The standard InChI is InChI=1S/C18H17ClN4O3/c1-11(2)16-14(10-20-23(16)13-6-3-5-12(19)9-13)17(24)21-22-18(25)15-7-4-8-26-15/h3-11H,1-2H3,(H,21,24)(H,22,25). The summed E-state index contributed by atoms with van der Waals surface area (Å²) in [7, 11) is 0. The van der Waals surface area contributed by atoms with E-state index in [-0.39, 0.29) is 11.7 Å². The van der Waals surface area contributed by atoms with Gasteiger partial charge in [0.1, 0.15) is 0 Å². The molecule has 0 bridgehead atoms. The highest BCUT2D eigenvalue weighted by molar-refractivity contribution is 6.30. The van der Waals surface area contributed by atoms with Crippen LogP contribution in [0, 0.1) is 0 Å². The molecule has 0 spiro atoms. The minimum atomic E-state index is -0.545. The van der Waals surface area contributed by atoms with Crippen LogP contribution >= 0.6 is 11.6 Å². The molecular weight excluding hydrogens is 356 g/mol. The van der Waals surface area contributed by atoms with Crippen molar-refractivity contribution in [3.05, 3.63) is 70.9 Å². The van der Waals surface area contributed by atoms with Gasteiger partial charge in [0.25, 0.3) is 5.91 Å². The highest BCUT2D eigenvalue weighted by atomic mass is 35.5. The van der Waals surface area contributed by atoms with Gasteiger partial charge in [0.05, 0.1) is 29.4 Å². The molecule has 0 radical (unpaired) electrons. The summed E-state index contributed by atoms with van der Waals surface area (Å²) in [6.07, 6.45) is 2.84. The van der Waals surface area contributed by atoms with Gasteiger partial charge in [-0.3, -0.25) is 20.4 Å². The maximum absolute atomic E-state index is 12.5. The lowest BCUT2D eigenvalue weighted by molar-refractivity contribution is 0.0830. The molecule has 0 aliphatic rings. The van der Waals surface area contributed by atoms with Gasteiger partial charge < -0.3 is 4.42 Å². The summed E-state index contributed by atoms with van der Waals surface area (Å²) in [4.78, 5) is 24.4. The van der Waals surface area contributed by atoms with Crippen LogP contribution in [-0.2, 0) is 0 Å². The van der Waals surface area contributed by atoms with Crippen molar-refractivity contribution in [1.82, 2.24) is 20.6 Å². The summed E-state index contributed by atoms with van der Waals surface area (Å²) < 4.78 is 6.64. The average molecular weight is 373 g/mol. The van der Waals surface area contributed by atoms with Crippen LogP contribution in [0.2, 0.25) is 5.02 Å². The minimum absolute atomic E-state index is 0.0120. The first kappa shape index (κ1) is 17.8. The third-order valence-electron chi connectivity index (χ3n) is 3.69. The van der Waals surface area contributed by atoms with E-state index in [4.69, 9.17) is 16.0 Å². The molecule has 26 heavy (non-hydrogen) atoms. The Bertz CT molecular complexity index is 932. The number of rotatable bonds is 4. The molecule has 1 aromatic carbocycles. The lowest BCUT2D eigenvalue weighted by Crippen LogP contribution is -2.41. The second kappa shape index (κ2) is 7.45. The molecule has 0 aliphatic heterocycles. The lowest BCUT2D eigenvalue weighted by atomic mass is 10.1. The molecular formula is C18H17ClN4O3. The van der Waals surface area contributed by atoms with Gasteiger partial charge in [-0.2, -0.15) is 5.10 Å². The first-order valence-electron chi connectivity index (χ1n) is 7.95. The van der Waals surface area contributed by atoms with Crippen LogP contribution in [0.15, 0.2) is 53.3 Å². The lowest BCUT2D eigenvalue weighted by Gasteiger charge is -2.13. The van der Waals surface area contributed by atoms with Gasteiger partial charge >= 0.3 is 5.91 Å². The summed E-state index contributed by atoms with van der Waals surface area (Å²) >= 11 is 6.05. The summed E-state index contributed by atoms with van der Waals surface area (Å²) in [6.45, 7) is 3.91. The van der Waals surface area contributed by atoms with Crippen molar-refractivity contribution in [1.29, 1.82) is 0 Å². The van der Waals surface area contributed by atoms with E-state index in [1.165, 1.54) is 18.5 Å². The maximum Gasteiger partial charge on any atom is 0.305 e. The highest BCUT2D eigenvalue weighted by Gasteiger charge is 2.21. The van der Waals surface area contributed by atoms with Gasteiger partial charge in [0, 0.05) is 5.02 Å². The van der Waals surface area contributed by atoms with Gasteiger partial charge in [-0.25, -0.2) is 4.68 Å². The quantitative estimate of drug-likeness (QED) is 0.687. The predicted molar refractivity (Wildman–Crippen MR) is 96.3 cm³/mol. The van der Waals surface area contributed by atoms with Crippen molar-refractivity contribution in [2.24, 2.45) is 0 Å². The number of benzene rings is 1. The molecule has 0 unspecified atom stereocenters. The number of hydrogen-bond donors (Lipinski definition) is 2. The topological polar surface area (TPSA) is 89.2 Å². The molecule has 134 valence electrons. The molecule has 2 N–H and O–H groups in total. The Labute approximate surface area is 154 Å². The van der Waals surface area contributed by atoms with E-state index < -0.39 is 11.8 Å². The molecule has 2 aromatic heterocycles. The predicted octanol–water partition coefficient (Wildman–Crippen LogP) is 3.32. The number of carbonyl (C=O) groups excluding carboxylic acids is 2. The Morgan fingerprint density at radius 1 is 1.15 bits per heavy atom. The Kier molecular flexibility index (Phi) is 5.09. The van der Waals surface area contributed by atoms with E-state index in [9.17, 15) is 9.59 Å². The maximum atomic E-state index is 12.5. The smallest absolute Gasteiger partial charge is 0.305 e. The zero-order valence-corrected chi connectivity index (χ0v) is 14.9. The van der Waals surface area contributed by atoms with Crippen molar-refractivity contribution < 1.29 is 14.0 Å². The number of hydrogen-bond acceptors (Lipinski definition) is 4. The Hall–Kier alpha value is -3.06. The van der Waals surface area contributed by atoms with Gasteiger partial charge in [-0.05, 0) is 36.2 Å². The molecule has 2 amide bonds. The Balaban J connectivity index is 1.83. The molecule has 0 saturated heterocycles. The van der Waals surface area contributed by atoms with E-state index in [0.29, 0.717) is 16.3 Å². The zero-order chi connectivity index (χ0) is 18.7. The summed E-state index contributed by atoms with van der Waals surface area (Å²) in [5, 5.41) is 4.89. The number of nitrogens with one attached hydrogen (secondary N) is 2. The molecule has 3 rings (SSSR count). The average Bonchev–Trinajstić information content (AvgIpc) is 3.28. The third kappa shape index (κ3) is 3.62. The first-order valence-corrected chi connectivity index (χ1v) is 8.33. The number of nitrogens with zero attached hydrogens (tertiary/aromatic N) is 2. The molecule has 0 aliphatic carbocycles. The fraction of sp³-hybridized carbons (Fsp3) is 0.167. The van der Waals surface area contributed by atoms with E-state index in [2.05, 4.69) is 16.0 Å². The monoisotopic (exact) mass is 372 g/mol. The van der Waals surface area contributed by atoms with Gasteiger partial charge in [0.2, 0.25) is 0 Å². The normalized spacial score (nSPS) is 10.8. The van der Waals surface area contributed by atoms with Crippen LogP contribution in [0.25, 0.3) is 5.69 Å². The van der Waals surface area contributed by atoms with E-state index in [1.54, 1.807) is 22.9 Å². The Morgan fingerprint density at radius 3 is 2.58 bits per heavy atom. The third-order valence-corrected chi connectivity index (χ3v) is 3.92. The summed E-state index contributed by atoms with van der Waals surface area (Å²) in [5.41, 5.74) is 6.51. The van der Waals surface area contributed by atoms with Crippen LogP contribution in [0.1, 0.15) is 46.4 Å². The molecule has 0 saturated carbocycles. The molecule has 0 fully saturated rings.